The van der Waals surface area contributed by atoms with Crippen molar-refractivity contribution >= 4 is 23.3 Å². The van der Waals surface area contributed by atoms with Crippen molar-refractivity contribution in [3.63, 3.8) is 0 Å². The van der Waals surface area contributed by atoms with E-state index < -0.39 is 23.8 Å². The third-order valence-electron chi connectivity index (χ3n) is 4.60. The van der Waals surface area contributed by atoms with Gasteiger partial charge in [0.15, 0.2) is 0 Å². The van der Waals surface area contributed by atoms with Crippen LogP contribution in [0.3, 0.4) is 0 Å². The maximum Gasteiger partial charge on any atom is 0.314 e. The van der Waals surface area contributed by atoms with Crippen molar-refractivity contribution in [1.29, 1.82) is 0 Å². The fourth-order valence-corrected chi connectivity index (χ4v) is 3.38. The summed E-state index contributed by atoms with van der Waals surface area (Å²) in [6.45, 7) is 4.53. The van der Waals surface area contributed by atoms with Gasteiger partial charge in [0.25, 0.3) is 0 Å². The molecule has 0 bridgehead atoms. The normalized spacial score (nSPS) is 17.7. The molecule has 0 spiro atoms. The summed E-state index contributed by atoms with van der Waals surface area (Å²) in [5.41, 5.74) is 3.09. The Balaban J connectivity index is 2.14. The van der Waals surface area contributed by atoms with Gasteiger partial charge in [-0.05, 0) is 36.1 Å². The van der Waals surface area contributed by atoms with Crippen molar-refractivity contribution in [3.8, 4) is 0 Å². The zero-order valence-corrected chi connectivity index (χ0v) is 15.7. The van der Waals surface area contributed by atoms with Gasteiger partial charge in [-0.3, -0.25) is 9.59 Å². The van der Waals surface area contributed by atoms with Crippen LogP contribution < -0.4 is 5.32 Å². The molecule has 1 heterocycles. The molecule has 2 aromatic rings. The molecule has 2 atom stereocenters. The molecular weight excluding hydrogens is 342 g/mol. The Hall–Kier alpha value is -2.82. The number of esters is 2. The summed E-state index contributed by atoms with van der Waals surface area (Å²) in [6, 6.07) is 15.1. The first-order valence-electron chi connectivity index (χ1n) is 9.45. The van der Waals surface area contributed by atoms with Crippen LogP contribution in [0, 0.1) is 0 Å². The maximum absolute atomic E-state index is 13.0. The minimum absolute atomic E-state index is 0.323. The van der Waals surface area contributed by atoms with E-state index >= 15 is 0 Å². The van der Waals surface area contributed by atoms with E-state index in [1.54, 1.807) is 0 Å². The van der Waals surface area contributed by atoms with Gasteiger partial charge in [0.2, 0.25) is 0 Å². The maximum atomic E-state index is 13.0. The van der Waals surface area contributed by atoms with E-state index in [0.717, 1.165) is 35.3 Å². The van der Waals surface area contributed by atoms with Gasteiger partial charge < -0.3 is 14.8 Å². The highest BCUT2D eigenvalue weighted by molar-refractivity contribution is 5.94. The molecule has 1 aliphatic rings. The van der Waals surface area contributed by atoms with Crippen LogP contribution in [0.2, 0.25) is 0 Å². The summed E-state index contributed by atoms with van der Waals surface area (Å²) in [6.07, 6.45) is 1.44. The van der Waals surface area contributed by atoms with E-state index in [2.05, 4.69) is 5.32 Å². The summed E-state index contributed by atoms with van der Waals surface area (Å²) < 4.78 is 10.9. The highest BCUT2D eigenvalue weighted by Crippen LogP contribution is 2.45. The number of para-hydroxylation sites is 2. The quantitative estimate of drug-likeness (QED) is 0.761. The number of hydrogen-bond donors (Lipinski definition) is 1. The van der Waals surface area contributed by atoms with Gasteiger partial charge in [-0.15, -0.1) is 0 Å². The second kappa shape index (κ2) is 8.71. The first kappa shape index (κ1) is 19.0. The van der Waals surface area contributed by atoms with Gasteiger partial charge in [0, 0.05) is 11.4 Å². The molecule has 0 fully saturated rings. The third-order valence-corrected chi connectivity index (χ3v) is 4.60. The summed E-state index contributed by atoms with van der Waals surface area (Å²) >= 11 is 0. The van der Waals surface area contributed by atoms with Crippen LogP contribution in [0.25, 0.3) is 0 Å². The lowest BCUT2D eigenvalue weighted by Gasteiger charge is -2.24. The monoisotopic (exact) mass is 367 g/mol. The van der Waals surface area contributed by atoms with Crippen molar-refractivity contribution in [3.05, 3.63) is 59.7 Å². The number of ether oxygens (including phenoxy) is 2. The van der Waals surface area contributed by atoms with E-state index in [4.69, 9.17) is 9.47 Å². The molecule has 0 aliphatic carbocycles. The number of benzene rings is 2. The highest BCUT2D eigenvalue weighted by atomic mass is 16.5. The fraction of sp³-hybridized carbons (Fsp3) is 0.364. The number of hydrogen-bond acceptors (Lipinski definition) is 5. The molecule has 1 N–H and O–H groups in total. The molecule has 2 aromatic carbocycles. The first-order chi connectivity index (χ1) is 13.2. The number of carbonyl (C=O) groups is 2. The van der Waals surface area contributed by atoms with Crippen LogP contribution in [0.4, 0.5) is 11.4 Å². The number of nitrogens with one attached hydrogen (secondary N) is 1. The van der Waals surface area contributed by atoms with Gasteiger partial charge in [-0.2, -0.15) is 0 Å². The molecule has 2 unspecified atom stereocenters. The molecule has 0 amide bonds. The Morgan fingerprint density at radius 1 is 0.778 bits per heavy atom. The second-order valence-electron chi connectivity index (χ2n) is 6.59. The minimum Gasteiger partial charge on any atom is -0.465 e. The van der Waals surface area contributed by atoms with Gasteiger partial charge in [-0.1, -0.05) is 50.2 Å². The topological polar surface area (TPSA) is 64.6 Å². The smallest absolute Gasteiger partial charge is 0.314 e. The summed E-state index contributed by atoms with van der Waals surface area (Å²) in [5.74, 6) is -2.32. The van der Waals surface area contributed by atoms with Gasteiger partial charge in [0.1, 0.15) is 11.8 Å². The van der Waals surface area contributed by atoms with Crippen LogP contribution in [-0.2, 0) is 19.1 Å². The average molecular weight is 367 g/mol. The Bertz CT molecular complexity index is 750. The molecule has 27 heavy (non-hydrogen) atoms. The lowest BCUT2D eigenvalue weighted by atomic mass is 9.81. The Morgan fingerprint density at radius 3 is 1.59 bits per heavy atom. The summed E-state index contributed by atoms with van der Waals surface area (Å²) in [4.78, 5) is 26.0. The molecule has 142 valence electrons. The van der Waals surface area contributed by atoms with Gasteiger partial charge in [0.05, 0.1) is 13.2 Å². The predicted molar refractivity (Wildman–Crippen MR) is 104 cm³/mol. The van der Waals surface area contributed by atoms with Crippen molar-refractivity contribution in [2.24, 2.45) is 0 Å². The van der Waals surface area contributed by atoms with Crippen molar-refractivity contribution < 1.29 is 19.1 Å². The van der Waals surface area contributed by atoms with Crippen LogP contribution >= 0.6 is 0 Å². The Labute approximate surface area is 159 Å². The molecule has 0 aromatic heterocycles. The molecule has 0 saturated heterocycles. The van der Waals surface area contributed by atoms with Crippen LogP contribution in [0.15, 0.2) is 48.5 Å². The largest absolute Gasteiger partial charge is 0.465 e. The summed E-state index contributed by atoms with van der Waals surface area (Å²) in [7, 11) is 0. The third kappa shape index (κ3) is 3.97. The molecule has 1 aliphatic heterocycles. The molecule has 0 saturated carbocycles. The highest BCUT2D eigenvalue weighted by Gasteiger charge is 2.42. The first-order valence-corrected chi connectivity index (χ1v) is 9.45. The fourth-order valence-electron chi connectivity index (χ4n) is 3.38. The van der Waals surface area contributed by atoms with Crippen molar-refractivity contribution in [1.82, 2.24) is 0 Å². The van der Waals surface area contributed by atoms with E-state index in [-0.39, 0.29) is 0 Å². The number of fused-ring (bicyclic) bond motifs is 2. The van der Waals surface area contributed by atoms with E-state index in [1.807, 2.05) is 62.4 Å². The molecule has 3 rings (SSSR count). The van der Waals surface area contributed by atoms with E-state index in [9.17, 15) is 9.59 Å². The molecule has 5 nitrogen and oxygen atoms in total. The van der Waals surface area contributed by atoms with Gasteiger partial charge in [-0.25, -0.2) is 0 Å². The molecule has 5 heteroatoms. The Morgan fingerprint density at radius 2 is 1.19 bits per heavy atom. The van der Waals surface area contributed by atoms with Crippen LogP contribution in [-0.4, -0.2) is 25.2 Å². The predicted octanol–water partition coefficient (Wildman–Crippen LogP) is 4.52. The Kier molecular flexibility index (Phi) is 6.12. The lowest BCUT2D eigenvalue weighted by molar-refractivity contribution is -0.154. The molecule has 0 radical (unpaired) electrons. The standard InChI is InChI=1S/C22H25NO4/c1-3-13-26-21(24)19-15-9-5-7-11-17(15)23-18-12-8-6-10-16(18)20(19)22(25)27-14-4-2/h5-12,19-20,23H,3-4,13-14H2,1-2H3. The number of rotatable bonds is 6. The number of anilines is 2. The van der Waals surface area contributed by atoms with E-state index in [0.29, 0.717) is 13.2 Å². The summed E-state index contributed by atoms with van der Waals surface area (Å²) in [5, 5.41) is 3.37. The van der Waals surface area contributed by atoms with Crippen molar-refractivity contribution in [2.45, 2.75) is 38.5 Å². The lowest BCUT2D eigenvalue weighted by Crippen LogP contribution is -2.29. The number of carbonyl (C=O) groups excluding carboxylic acids is 2. The minimum atomic E-state index is -0.756. The zero-order valence-electron chi connectivity index (χ0n) is 15.7. The second-order valence-corrected chi connectivity index (χ2v) is 6.59. The van der Waals surface area contributed by atoms with Gasteiger partial charge >= 0.3 is 11.9 Å². The van der Waals surface area contributed by atoms with Crippen molar-refractivity contribution in [2.75, 3.05) is 18.5 Å². The zero-order chi connectivity index (χ0) is 19.2. The van der Waals surface area contributed by atoms with Crippen LogP contribution in [0.1, 0.15) is 49.7 Å². The van der Waals surface area contributed by atoms with Crippen LogP contribution in [0.5, 0.6) is 0 Å². The SMILES string of the molecule is CCCOC(=O)C1c2ccccc2Nc2ccccc2C1C(=O)OCCC. The average Bonchev–Trinajstić information content (AvgIpc) is 2.84. The van der Waals surface area contributed by atoms with E-state index in [1.165, 1.54) is 0 Å². The molecular formula is C22H25NO4.